The first kappa shape index (κ1) is 9.44. The van der Waals surface area contributed by atoms with Gasteiger partial charge in [-0.1, -0.05) is 18.9 Å². The van der Waals surface area contributed by atoms with Crippen LogP contribution < -0.4 is 0 Å². The van der Waals surface area contributed by atoms with Crippen LogP contribution in [0.3, 0.4) is 0 Å². The molecule has 2 atom stereocenters. The number of carbonyl (C=O) groups is 2. The highest BCUT2D eigenvalue weighted by molar-refractivity contribution is 6.05. The molecule has 3 heteroatoms. The normalized spacial score (nSPS) is 31.9. The molecule has 1 saturated heterocycles. The van der Waals surface area contributed by atoms with Gasteiger partial charge in [-0.3, -0.25) is 14.5 Å². The number of amides is 2. The van der Waals surface area contributed by atoms with Crippen molar-refractivity contribution in [3.63, 3.8) is 0 Å². The van der Waals surface area contributed by atoms with E-state index in [1.54, 1.807) is 6.08 Å². The van der Waals surface area contributed by atoms with Crippen molar-refractivity contribution < 1.29 is 9.59 Å². The summed E-state index contributed by atoms with van der Waals surface area (Å²) >= 11 is 0. The minimum absolute atomic E-state index is 0.0174. The van der Waals surface area contributed by atoms with Crippen molar-refractivity contribution >= 4 is 11.8 Å². The van der Waals surface area contributed by atoms with Gasteiger partial charge in [0.2, 0.25) is 11.8 Å². The number of hydrogen-bond acceptors (Lipinski definition) is 2. The van der Waals surface area contributed by atoms with E-state index in [1.165, 1.54) is 4.90 Å². The largest absolute Gasteiger partial charge is 0.278 e. The topological polar surface area (TPSA) is 37.4 Å². The lowest BCUT2D eigenvalue weighted by atomic mass is 9.81. The highest BCUT2D eigenvalue weighted by Crippen LogP contribution is 2.37. The number of hydrogen-bond donors (Lipinski definition) is 0. The van der Waals surface area contributed by atoms with E-state index in [2.05, 4.69) is 6.58 Å². The number of likely N-dealkylation sites (tertiary alicyclic amines) is 1. The van der Waals surface area contributed by atoms with Crippen LogP contribution in [0.1, 0.15) is 25.7 Å². The molecule has 3 nitrogen and oxygen atoms in total. The quantitative estimate of drug-likeness (QED) is 0.490. The summed E-state index contributed by atoms with van der Waals surface area (Å²) in [7, 11) is 0. The molecule has 0 radical (unpaired) electrons. The summed E-state index contributed by atoms with van der Waals surface area (Å²) in [6.07, 6.45) is 5.57. The van der Waals surface area contributed by atoms with Crippen molar-refractivity contribution in [1.82, 2.24) is 4.90 Å². The van der Waals surface area contributed by atoms with Crippen molar-refractivity contribution in [3.8, 4) is 0 Å². The molecule has 0 spiro atoms. The molecule has 2 fully saturated rings. The Morgan fingerprint density at radius 1 is 1.21 bits per heavy atom. The Balaban J connectivity index is 2.19. The number of carbonyl (C=O) groups excluding carboxylic acids is 2. The van der Waals surface area contributed by atoms with Crippen LogP contribution in [-0.4, -0.2) is 23.3 Å². The van der Waals surface area contributed by atoms with Gasteiger partial charge < -0.3 is 0 Å². The first-order valence-electron chi connectivity index (χ1n) is 5.22. The van der Waals surface area contributed by atoms with E-state index < -0.39 is 0 Å². The van der Waals surface area contributed by atoms with Gasteiger partial charge in [-0.2, -0.15) is 0 Å². The van der Waals surface area contributed by atoms with Gasteiger partial charge in [-0.15, -0.1) is 6.58 Å². The highest BCUT2D eigenvalue weighted by Gasteiger charge is 2.47. The molecule has 76 valence electrons. The molecule has 0 aromatic carbocycles. The number of fused-ring (bicyclic) bond motifs is 1. The lowest BCUT2D eigenvalue weighted by Gasteiger charge is -2.19. The van der Waals surface area contributed by atoms with Gasteiger partial charge in [-0.05, 0) is 12.8 Å². The molecule has 0 bridgehead atoms. The van der Waals surface area contributed by atoms with Crippen LogP contribution in [0.5, 0.6) is 0 Å². The molecule has 1 heterocycles. The fraction of sp³-hybridized carbons (Fsp3) is 0.636. The highest BCUT2D eigenvalue weighted by atomic mass is 16.2. The first-order valence-corrected chi connectivity index (χ1v) is 5.22. The Labute approximate surface area is 83.8 Å². The lowest BCUT2D eigenvalue weighted by molar-refractivity contribution is -0.139. The Morgan fingerprint density at radius 3 is 2.14 bits per heavy atom. The van der Waals surface area contributed by atoms with Crippen molar-refractivity contribution in [1.29, 1.82) is 0 Å². The Bertz CT molecular complexity index is 261. The van der Waals surface area contributed by atoms with Gasteiger partial charge in [0.05, 0.1) is 11.8 Å². The van der Waals surface area contributed by atoms with Gasteiger partial charge in [0.25, 0.3) is 0 Å². The molecule has 0 N–H and O–H groups in total. The van der Waals surface area contributed by atoms with Gasteiger partial charge in [-0.25, -0.2) is 0 Å². The molecule has 0 aromatic rings. The zero-order valence-electron chi connectivity index (χ0n) is 8.24. The van der Waals surface area contributed by atoms with Crippen molar-refractivity contribution in [3.05, 3.63) is 12.7 Å². The number of rotatable bonds is 2. The molecule has 2 aliphatic rings. The smallest absolute Gasteiger partial charge is 0.233 e. The number of nitrogens with zero attached hydrogens (tertiary/aromatic N) is 1. The van der Waals surface area contributed by atoms with Crippen LogP contribution >= 0.6 is 0 Å². The Hall–Kier alpha value is -1.12. The Morgan fingerprint density at radius 2 is 1.71 bits per heavy atom. The molecular formula is C11H15NO2. The SMILES string of the molecule is C=CCN1C(=O)[C@H]2CCCC[C@H]2C1=O. The third-order valence-corrected chi connectivity index (χ3v) is 3.24. The summed E-state index contributed by atoms with van der Waals surface area (Å²) in [6.45, 7) is 3.94. The number of imide groups is 1. The van der Waals surface area contributed by atoms with Crippen molar-refractivity contribution in [2.24, 2.45) is 11.8 Å². The van der Waals surface area contributed by atoms with E-state index >= 15 is 0 Å². The second-order valence-corrected chi connectivity index (χ2v) is 4.07. The van der Waals surface area contributed by atoms with Crippen LogP contribution in [0.15, 0.2) is 12.7 Å². The Kier molecular flexibility index (Phi) is 2.40. The molecule has 1 aliphatic heterocycles. The van der Waals surface area contributed by atoms with E-state index in [9.17, 15) is 9.59 Å². The molecule has 1 saturated carbocycles. The van der Waals surface area contributed by atoms with Gasteiger partial charge >= 0.3 is 0 Å². The summed E-state index contributed by atoms with van der Waals surface area (Å²) in [5, 5.41) is 0. The summed E-state index contributed by atoms with van der Waals surface area (Å²) < 4.78 is 0. The van der Waals surface area contributed by atoms with E-state index in [1.807, 2.05) is 0 Å². The van der Waals surface area contributed by atoms with Crippen LogP contribution in [0, 0.1) is 11.8 Å². The average molecular weight is 193 g/mol. The molecule has 1 aliphatic carbocycles. The van der Waals surface area contributed by atoms with Crippen molar-refractivity contribution in [2.75, 3.05) is 6.54 Å². The first-order chi connectivity index (χ1) is 6.75. The van der Waals surface area contributed by atoms with Crippen molar-refractivity contribution in [2.45, 2.75) is 25.7 Å². The van der Waals surface area contributed by atoms with E-state index in [4.69, 9.17) is 0 Å². The zero-order valence-corrected chi connectivity index (χ0v) is 8.24. The van der Waals surface area contributed by atoms with Gasteiger partial charge in [0.1, 0.15) is 0 Å². The summed E-state index contributed by atoms with van der Waals surface area (Å²) in [4.78, 5) is 25.0. The second kappa shape index (κ2) is 3.56. The maximum absolute atomic E-state index is 11.8. The van der Waals surface area contributed by atoms with Crippen LogP contribution in [0.4, 0.5) is 0 Å². The average Bonchev–Trinajstić information content (AvgIpc) is 2.45. The van der Waals surface area contributed by atoms with Gasteiger partial charge in [0.15, 0.2) is 0 Å². The summed E-state index contributed by atoms with van der Waals surface area (Å²) in [6, 6.07) is 0. The minimum atomic E-state index is -0.0174. The molecular weight excluding hydrogens is 178 g/mol. The predicted molar refractivity (Wildman–Crippen MR) is 52.4 cm³/mol. The van der Waals surface area contributed by atoms with E-state index in [0.29, 0.717) is 6.54 Å². The lowest BCUT2D eigenvalue weighted by Crippen LogP contribution is -2.31. The van der Waals surface area contributed by atoms with E-state index in [0.717, 1.165) is 25.7 Å². The third kappa shape index (κ3) is 1.27. The molecule has 14 heavy (non-hydrogen) atoms. The molecule has 0 aromatic heterocycles. The van der Waals surface area contributed by atoms with Crippen LogP contribution in [-0.2, 0) is 9.59 Å². The second-order valence-electron chi connectivity index (χ2n) is 4.07. The predicted octanol–water partition coefficient (Wildman–Crippen LogP) is 1.35. The van der Waals surface area contributed by atoms with Crippen LogP contribution in [0.2, 0.25) is 0 Å². The molecule has 0 unspecified atom stereocenters. The standard InChI is InChI=1S/C11H15NO2/c1-2-7-12-10(13)8-5-3-4-6-9(8)11(12)14/h2,8-9H,1,3-7H2/t8-,9+. The maximum Gasteiger partial charge on any atom is 0.233 e. The summed E-state index contributed by atoms with van der Waals surface area (Å²) in [5.41, 5.74) is 0. The van der Waals surface area contributed by atoms with Crippen LogP contribution in [0.25, 0.3) is 0 Å². The van der Waals surface area contributed by atoms with E-state index in [-0.39, 0.29) is 23.7 Å². The zero-order chi connectivity index (χ0) is 10.1. The summed E-state index contributed by atoms with van der Waals surface area (Å²) in [5.74, 6) is 0.0200. The molecule has 2 amide bonds. The fourth-order valence-corrected chi connectivity index (χ4v) is 2.54. The van der Waals surface area contributed by atoms with Gasteiger partial charge in [0, 0.05) is 6.54 Å². The fourth-order valence-electron chi connectivity index (χ4n) is 2.54. The monoisotopic (exact) mass is 193 g/mol. The minimum Gasteiger partial charge on any atom is -0.278 e. The molecule has 2 rings (SSSR count). The maximum atomic E-state index is 11.8. The third-order valence-electron chi connectivity index (χ3n) is 3.24.